The third kappa shape index (κ3) is 4.18. The van der Waals surface area contributed by atoms with Gasteiger partial charge in [0.05, 0.1) is 25.4 Å². The van der Waals surface area contributed by atoms with E-state index in [2.05, 4.69) is 15.5 Å². The molecule has 0 fully saturated rings. The highest BCUT2D eigenvalue weighted by Crippen LogP contribution is 2.37. The topological polar surface area (TPSA) is 119 Å². The molecule has 0 unspecified atom stereocenters. The van der Waals surface area contributed by atoms with Gasteiger partial charge in [0.1, 0.15) is 11.2 Å². The second-order valence-electron chi connectivity index (χ2n) is 7.49. The number of methoxy groups -OCH3 is 2. The summed E-state index contributed by atoms with van der Waals surface area (Å²) in [5, 5.41) is 16.3. The molecule has 0 radical (unpaired) electrons. The summed E-state index contributed by atoms with van der Waals surface area (Å²) < 4.78 is 10.7. The maximum atomic E-state index is 13.2. The fourth-order valence-corrected chi connectivity index (χ4v) is 3.87. The number of hydrogen-bond donors (Lipinski definition) is 2. The first kappa shape index (κ1) is 22.5. The number of carbonyl (C=O) groups is 1. The maximum absolute atomic E-state index is 13.2. The minimum atomic E-state index is -0.542. The Morgan fingerprint density at radius 1 is 1.09 bits per heavy atom. The summed E-state index contributed by atoms with van der Waals surface area (Å²) in [4.78, 5) is 27.3. The first-order valence-electron chi connectivity index (χ1n) is 10.3. The molecule has 4 aromatic rings. The fourth-order valence-electron chi connectivity index (χ4n) is 3.87. The Labute approximate surface area is 195 Å². The van der Waals surface area contributed by atoms with Gasteiger partial charge in [0.25, 0.3) is 11.6 Å². The van der Waals surface area contributed by atoms with Gasteiger partial charge >= 0.3 is 0 Å². The highest BCUT2D eigenvalue weighted by atomic mass is 16.6. The van der Waals surface area contributed by atoms with Crippen LogP contribution in [0.15, 0.2) is 65.8 Å². The molecule has 0 saturated heterocycles. The van der Waals surface area contributed by atoms with Gasteiger partial charge in [-0.15, -0.1) is 0 Å². The summed E-state index contributed by atoms with van der Waals surface area (Å²) >= 11 is 0. The number of hydrazone groups is 1. The lowest BCUT2D eigenvalue weighted by Crippen LogP contribution is -2.19. The summed E-state index contributed by atoms with van der Waals surface area (Å²) in [7, 11) is 3.04. The number of nitrogens with zero attached hydrogens (tertiary/aromatic N) is 2. The molecule has 2 N–H and O–H groups in total. The first-order chi connectivity index (χ1) is 16.4. The van der Waals surface area contributed by atoms with Crippen molar-refractivity contribution in [1.82, 2.24) is 10.4 Å². The Hall–Kier alpha value is -4.66. The van der Waals surface area contributed by atoms with Gasteiger partial charge < -0.3 is 14.5 Å². The molecule has 9 nitrogen and oxygen atoms in total. The molecule has 3 aromatic carbocycles. The number of fused-ring (bicyclic) bond motifs is 1. The van der Waals surface area contributed by atoms with Crippen LogP contribution in [-0.2, 0) is 0 Å². The lowest BCUT2D eigenvalue weighted by atomic mass is 10.00. The third-order valence-electron chi connectivity index (χ3n) is 5.32. The van der Waals surface area contributed by atoms with Gasteiger partial charge in [0.15, 0.2) is 11.5 Å². The van der Waals surface area contributed by atoms with Crippen molar-refractivity contribution >= 4 is 28.7 Å². The van der Waals surface area contributed by atoms with Crippen molar-refractivity contribution in [3.63, 3.8) is 0 Å². The van der Waals surface area contributed by atoms with Crippen LogP contribution in [0.3, 0.4) is 0 Å². The molecule has 1 amide bonds. The number of ether oxygens (including phenoxy) is 2. The van der Waals surface area contributed by atoms with E-state index in [1.165, 1.54) is 26.5 Å². The van der Waals surface area contributed by atoms with Crippen LogP contribution in [0.4, 0.5) is 5.69 Å². The Kier molecular flexibility index (Phi) is 6.26. The van der Waals surface area contributed by atoms with Gasteiger partial charge in [-0.2, -0.15) is 5.10 Å². The Morgan fingerprint density at radius 3 is 2.53 bits per heavy atom. The lowest BCUT2D eigenvalue weighted by molar-refractivity contribution is -0.383. The number of amides is 1. The zero-order valence-electron chi connectivity index (χ0n) is 18.8. The van der Waals surface area contributed by atoms with E-state index in [9.17, 15) is 14.9 Å². The number of nitrogens with one attached hydrogen (secondary N) is 2. The van der Waals surface area contributed by atoms with E-state index in [4.69, 9.17) is 9.47 Å². The number of hydrogen-bond acceptors (Lipinski definition) is 6. The van der Waals surface area contributed by atoms with Crippen molar-refractivity contribution in [2.24, 2.45) is 5.10 Å². The summed E-state index contributed by atoms with van der Waals surface area (Å²) in [6.07, 6.45) is 1.44. The predicted octanol–water partition coefficient (Wildman–Crippen LogP) is 4.83. The van der Waals surface area contributed by atoms with E-state index in [0.717, 1.165) is 5.56 Å². The SMILES string of the molecule is COc1cccc(/C=N/NC(=O)c2[nH]c3c([N+](=O)[O-])cc(C)cc3c2-c2ccccc2)c1OC. The molecule has 1 aromatic heterocycles. The molecule has 0 aliphatic rings. The Balaban J connectivity index is 1.77. The van der Waals surface area contributed by atoms with Crippen LogP contribution >= 0.6 is 0 Å². The molecule has 0 saturated carbocycles. The monoisotopic (exact) mass is 458 g/mol. The van der Waals surface area contributed by atoms with Gasteiger partial charge in [-0.3, -0.25) is 14.9 Å². The van der Waals surface area contributed by atoms with Crippen LogP contribution in [-0.4, -0.2) is 36.2 Å². The molecule has 9 heteroatoms. The van der Waals surface area contributed by atoms with Crippen molar-refractivity contribution in [2.75, 3.05) is 14.2 Å². The number of rotatable bonds is 7. The van der Waals surface area contributed by atoms with Gasteiger partial charge in [-0.1, -0.05) is 36.4 Å². The van der Waals surface area contributed by atoms with Crippen molar-refractivity contribution in [2.45, 2.75) is 6.92 Å². The highest BCUT2D eigenvalue weighted by Gasteiger charge is 2.24. The van der Waals surface area contributed by atoms with E-state index >= 15 is 0 Å². The zero-order chi connectivity index (χ0) is 24.2. The molecular weight excluding hydrogens is 436 g/mol. The number of non-ortho nitro benzene ring substituents is 1. The maximum Gasteiger partial charge on any atom is 0.293 e. The molecule has 0 aliphatic heterocycles. The van der Waals surface area contributed by atoms with Gasteiger partial charge in [0.2, 0.25) is 0 Å². The smallest absolute Gasteiger partial charge is 0.293 e. The van der Waals surface area contributed by atoms with Crippen LogP contribution in [0.1, 0.15) is 21.6 Å². The molecule has 4 rings (SSSR count). The predicted molar refractivity (Wildman–Crippen MR) is 130 cm³/mol. The number of aromatic amines is 1. The molecule has 0 spiro atoms. The second-order valence-corrected chi connectivity index (χ2v) is 7.49. The van der Waals surface area contributed by atoms with Crippen molar-refractivity contribution < 1.29 is 19.2 Å². The second kappa shape index (κ2) is 9.45. The molecule has 172 valence electrons. The minimum Gasteiger partial charge on any atom is -0.493 e. The Bertz CT molecular complexity index is 1410. The molecule has 0 bridgehead atoms. The number of nitro groups is 1. The summed E-state index contributed by atoms with van der Waals surface area (Å²) in [5.41, 5.74) is 5.48. The number of aryl methyl sites for hydroxylation is 1. The highest BCUT2D eigenvalue weighted by molar-refractivity contribution is 6.11. The number of nitro benzene ring substituents is 1. The number of para-hydroxylation sites is 1. The number of aromatic nitrogens is 1. The third-order valence-corrected chi connectivity index (χ3v) is 5.32. The largest absolute Gasteiger partial charge is 0.493 e. The van der Waals surface area contributed by atoms with E-state index < -0.39 is 10.8 Å². The van der Waals surface area contributed by atoms with E-state index in [-0.39, 0.29) is 16.9 Å². The molecule has 34 heavy (non-hydrogen) atoms. The molecule has 1 heterocycles. The fraction of sp³-hybridized carbons (Fsp3) is 0.120. The van der Waals surface area contributed by atoms with Crippen LogP contribution < -0.4 is 14.9 Å². The normalized spacial score (nSPS) is 11.0. The van der Waals surface area contributed by atoms with E-state index in [0.29, 0.717) is 33.6 Å². The van der Waals surface area contributed by atoms with Crippen molar-refractivity contribution in [1.29, 1.82) is 0 Å². The number of benzene rings is 3. The van der Waals surface area contributed by atoms with Crippen molar-refractivity contribution in [3.05, 3.63) is 87.6 Å². The summed E-state index contributed by atoms with van der Waals surface area (Å²) in [5.74, 6) is 0.465. The number of carbonyl (C=O) groups excluding carboxylic acids is 1. The zero-order valence-corrected chi connectivity index (χ0v) is 18.8. The summed E-state index contributed by atoms with van der Waals surface area (Å²) in [6, 6.07) is 17.8. The summed E-state index contributed by atoms with van der Waals surface area (Å²) in [6.45, 7) is 1.78. The minimum absolute atomic E-state index is 0.101. The number of H-pyrrole nitrogens is 1. The van der Waals surface area contributed by atoms with Crippen molar-refractivity contribution in [3.8, 4) is 22.6 Å². The van der Waals surface area contributed by atoms with Gasteiger partial charge in [0, 0.05) is 22.6 Å². The lowest BCUT2D eigenvalue weighted by Gasteiger charge is -2.09. The first-order valence-corrected chi connectivity index (χ1v) is 10.3. The van der Waals surface area contributed by atoms with Crippen LogP contribution in [0.5, 0.6) is 11.5 Å². The standard InChI is InChI=1S/C25H22N4O5/c1-15-12-18-21(16-8-5-4-6-9-16)23(27-22(18)19(13-15)29(31)32)25(30)28-26-14-17-10-7-11-20(33-2)24(17)34-3/h4-14,27H,1-3H3,(H,28,30)/b26-14+. The molecule has 0 atom stereocenters. The molecular formula is C25H22N4O5. The van der Waals surface area contributed by atoms with Crippen LogP contribution in [0.2, 0.25) is 0 Å². The van der Waals surface area contributed by atoms with E-state index in [1.807, 2.05) is 36.4 Å². The van der Waals surface area contributed by atoms with Crippen LogP contribution in [0.25, 0.3) is 22.0 Å². The average Bonchev–Trinajstić information content (AvgIpc) is 3.22. The van der Waals surface area contributed by atoms with E-state index in [1.54, 1.807) is 25.1 Å². The van der Waals surface area contributed by atoms with Gasteiger partial charge in [-0.25, -0.2) is 5.43 Å². The van der Waals surface area contributed by atoms with Crippen LogP contribution in [0, 0.1) is 17.0 Å². The average molecular weight is 458 g/mol. The molecule has 0 aliphatic carbocycles. The Morgan fingerprint density at radius 2 is 1.85 bits per heavy atom. The quantitative estimate of drug-likeness (QED) is 0.233. The van der Waals surface area contributed by atoms with Gasteiger partial charge in [-0.05, 0) is 36.2 Å².